The van der Waals surface area contributed by atoms with Gasteiger partial charge in [-0.2, -0.15) is 18.2 Å². The van der Waals surface area contributed by atoms with Crippen molar-refractivity contribution in [2.45, 2.75) is 50.4 Å². The Kier molecular flexibility index (Phi) is 8.11. The number of halogens is 4. The quantitative estimate of drug-likeness (QED) is 0.310. The lowest BCUT2D eigenvalue weighted by atomic mass is 9.78. The first-order valence-electron chi connectivity index (χ1n) is 13.2. The summed E-state index contributed by atoms with van der Waals surface area (Å²) >= 11 is 0. The van der Waals surface area contributed by atoms with Crippen LogP contribution in [0.5, 0.6) is 0 Å². The fourth-order valence-corrected chi connectivity index (χ4v) is 5.67. The third kappa shape index (κ3) is 6.08. The maximum absolute atomic E-state index is 14.6. The second-order valence-electron chi connectivity index (χ2n) is 10.3. The summed E-state index contributed by atoms with van der Waals surface area (Å²) in [4.78, 5) is 9.16. The molecule has 3 aromatic rings. The Morgan fingerprint density at radius 2 is 1.68 bits per heavy atom. The van der Waals surface area contributed by atoms with E-state index in [0.29, 0.717) is 35.9 Å². The summed E-state index contributed by atoms with van der Waals surface area (Å²) in [7, 11) is 0. The molecule has 1 N–H and O–H groups in total. The molecule has 1 aromatic heterocycles. The fourth-order valence-electron chi connectivity index (χ4n) is 5.67. The number of aromatic nitrogens is 2. The van der Waals surface area contributed by atoms with E-state index in [4.69, 9.17) is 4.52 Å². The van der Waals surface area contributed by atoms with Gasteiger partial charge >= 0.3 is 6.18 Å². The van der Waals surface area contributed by atoms with E-state index >= 15 is 0 Å². The van der Waals surface area contributed by atoms with Gasteiger partial charge in [-0.15, -0.1) is 0 Å². The van der Waals surface area contributed by atoms with E-state index in [0.717, 1.165) is 71.0 Å². The monoisotopic (exact) mass is 531 g/mol. The van der Waals surface area contributed by atoms with Gasteiger partial charge in [0.15, 0.2) is 5.82 Å². The Balaban J connectivity index is 1.07. The lowest BCUT2D eigenvalue weighted by Crippen LogP contribution is -2.47. The van der Waals surface area contributed by atoms with E-state index in [2.05, 4.69) is 25.3 Å². The van der Waals surface area contributed by atoms with Crippen molar-refractivity contribution < 1.29 is 22.1 Å². The molecule has 1 saturated carbocycles. The van der Waals surface area contributed by atoms with Crippen molar-refractivity contribution in [1.29, 1.82) is 0 Å². The summed E-state index contributed by atoms with van der Waals surface area (Å²) in [6.07, 6.45) is -0.699. The lowest BCUT2D eigenvalue weighted by Gasteiger charge is -2.34. The van der Waals surface area contributed by atoms with E-state index in [9.17, 15) is 17.6 Å². The number of hydrogen-bond donors (Lipinski definition) is 1. The molecule has 204 valence electrons. The minimum absolute atomic E-state index is 0.228. The zero-order valence-electron chi connectivity index (χ0n) is 21.3. The minimum Gasteiger partial charge on any atom is -0.338 e. The molecular formula is C28H33F4N5O. The molecular weight excluding hydrogens is 498 g/mol. The molecule has 6 nitrogen and oxygen atoms in total. The van der Waals surface area contributed by atoms with Gasteiger partial charge in [0.05, 0.1) is 17.5 Å². The number of nitrogens with one attached hydrogen (secondary N) is 1. The molecule has 0 radical (unpaired) electrons. The molecule has 38 heavy (non-hydrogen) atoms. The van der Waals surface area contributed by atoms with Gasteiger partial charge in [0, 0.05) is 51.4 Å². The second kappa shape index (κ2) is 11.5. The molecule has 2 aliphatic rings. The number of benzene rings is 2. The van der Waals surface area contributed by atoms with Gasteiger partial charge in [-0.25, -0.2) is 4.39 Å². The van der Waals surface area contributed by atoms with Gasteiger partial charge < -0.3 is 9.84 Å². The zero-order valence-corrected chi connectivity index (χ0v) is 21.3. The minimum atomic E-state index is -4.32. The number of piperazine rings is 1. The van der Waals surface area contributed by atoms with E-state index in [1.807, 2.05) is 12.1 Å². The van der Waals surface area contributed by atoms with Gasteiger partial charge in [0.2, 0.25) is 5.89 Å². The third-order valence-electron chi connectivity index (χ3n) is 7.75. The number of rotatable bonds is 9. The van der Waals surface area contributed by atoms with E-state index < -0.39 is 17.2 Å². The van der Waals surface area contributed by atoms with E-state index in [1.54, 1.807) is 12.1 Å². The molecule has 0 amide bonds. The molecule has 0 bridgehead atoms. The van der Waals surface area contributed by atoms with Gasteiger partial charge in [0.1, 0.15) is 5.82 Å². The van der Waals surface area contributed by atoms with Crippen molar-refractivity contribution in [2.75, 3.05) is 39.3 Å². The molecule has 2 aromatic carbocycles. The van der Waals surface area contributed by atoms with Crippen molar-refractivity contribution in [1.82, 2.24) is 25.3 Å². The van der Waals surface area contributed by atoms with Crippen LogP contribution in [-0.4, -0.2) is 59.2 Å². The molecule has 0 spiro atoms. The molecule has 0 unspecified atom stereocenters. The van der Waals surface area contributed by atoms with Crippen LogP contribution in [0.15, 0.2) is 53.1 Å². The summed E-state index contributed by atoms with van der Waals surface area (Å²) < 4.78 is 59.1. The molecule has 1 aliphatic carbocycles. The molecule has 5 rings (SSSR count). The molecule has 10 heteroatoms. The van der Waals surface area contributed by atoms with Crippen LogP contribution in [-0.2, 0) is 24.7 Å². The summed E-state index contributed by atoms with van der Waals surface area (Å²) in [5, 5.41) is 7.60. The topological polar surface area (TPSA) is 57.4 Å². The maximum atomic E-state index is 14.6. The zero-order chi connectivity index (χ0) is 26.6. The Morgan fingerprint density at radius 1 is 0.947 bits per heavy atom. The second-order valence-corrected chi connectivity index (χ2v) is 10.3. The number of alkyl halides is 3. The Morgan fingerprint density at radius 3 is 2.42 bits per heavy atom. The summed E-state index contributed by atoms with van der Waals surface area (Å²) in [6.45, 7) is 5.87. The van der Waals surface area contributed by atoms with Crippen LogP contribution in [0.1, 0.15) is 54.1 Å². The van der Waals surface area contributed by atoms with Crippen molar-refractivity contribution in [3.63, 3.8) is 0 Å². The normalized spacial score (nSPS) is 18.7. The van der Waals surface area contributed by atoms with Crippen LogP contribution in [0, 0.1) is 5.82 Å². The average Bonchev–Trinajstić information content (AvgIpc) is 3.59. The Bertz CT molecular complexity index is 1200. The lowest BCUT2D eigenvalue weighted by molar-refractivity contribution is -0.137. The predicted octanol–water partition coefficient (Wildman–Crippen LogP) is 5.00. The van der Waals surface area contributed by atoms with Crippen LogP contribution >= 0.6 is 0 Å². The summed E-state index contributed by atoms with van der Waals surface area (Å²) in [5.74, 6) is 0.830. The number of nitrogens with zero attached hydrogens (tertiary/aromatic N) is 4. The van der Waals surface area contributed by atoms with Gasteiger partial charge in [0.25, 0.3) is 0 Å². The van der Waals surface area contributed by atoms with Gasteiger partial charge in [-0.05, 0) is 30.5 Å². The van der Waals surface area contributed by atoms with Crippen LogP contribution in [0.25, 0.3) is 0 Å². The van der Waals surface area contributed by atoms with E-state index in [-0.39, 0.29) is 5.82 Å². The number of hydrogen-bond acceptors (Lipinski definition) is 6. The highest BCUT2D eigenvalue weighted by Crippen LogP contribution is 2.46. The fraction of sp³-hybridized carbons (Fsp3) is 0.500. The van der Waals surface area contributed by atoms with Crippen LogP contribution in [0.4, 0.5) is 17.6 Å². The standard InChI is InChI=1S/C28H33F4N5O/c29-24-9-2-1-8-23(24)27(10-3-4-11-27)26-34-25(38-35-26)19-33-12-13-36-14-16-37(17-15-36)20-21-6-5-7-22(18-21)28(30,31)32/h1-2,5-9,18,33H,3-4,10-17,19-20H2. The first-order chi connectivity index (χ1) is 18.3. The van der Waals surface area contributed by atoms with Crippen LogP contribution in [0.3, 0.4) is 0 Å². The van der Waals surface area contributed by atoms with E-state index in [1.165, 1.54) is 18.2 Å². The molecule has 2 heterocycles. The molecule has 1 saturated heterocycles. The third-order valence-corrected chi connectivity index (χ3v) is 7.75. The summed E-state index contributed by atoms with van der Waals surface area (Å²) in [5.41, 5.74) is 0.202. The smallest absolute Gasteiger partial charge is 0.338 e. The van der Waals surface area contributed by atoms with Gasteiger partial charge in [-0.3, -0.25) is 9.80 Å². The van der Waals surface area contributed by atoms with Crippen molar-refractivity contribution in [2.24, 2.45) is 0 Å². The summed E-state index contributed by atoms with van der Waals surface area (Å²) in [6, 6.07) is 12.4. The highest BCUT2D eigenvalue weighted by molar-refractivity contribution is 5.35. The van der Waals surface area contributed by atoms with Crippen molar-refractivity contribution in [3.05, 3.63) is 82.8 Å². The van der Waals surface area contributed by atoms with Gasteiger partial charge in [-0.1, -0.05) is 54.4 Å². The maximum Gasteiger partial charge on any atom is 0.416 e. The highest BCUT2D eigenvalue weighted by Gasteiger charge is 2.43. The average molecular weight is 532 g/mol. The van der Waals surface area contributed by atoms with Crippen LogP contribution < -0.4 is 5.32 Å². The highest BCUT2D eigenvalue weighted by atomic mass is 19.4. The predicted molar refractivity (Wildman–Crippen MR) is 135 cm³/mol. The van der Waals surface area contributed by atoms with Crippen LogP contribution in [0.2, 0.25) is 0 Å². The Labute approximate surface area is 220 Å². The largest absolute Gasteiger partial charge is 0.416 e. The van der Waals surface area contributed by atoms with Crippen molar-refractivity contribution in [3.8, 4) is 0 Å². The van der Waals surface area contributed by atoms with Crippen molar-refractivity contribution >= 4 is 0 Å². The molecule has 2 fully saturated rings. The first kappa shape index (κ1) is 26.8. The SMILES string of the molecule is Fc1ccccc1C1(c2noc(CNCCN3CCN(Cc4cccc(C(F)(F)F)c4)CC3)n2)CCCC1. The Hall–Kier alpha value is -2.82. The molecule has 1 aliphatic heterocycles. The molecule has 0 atom stereocenters. The first-order valence-corrected chi connectivity index (χ1v) is 13.2.